The van der Waals surface area contributed by atoms with E-state index >= 15 is 0 Å². The Labute approximate surface area is 91.3 Å². The Hall–Kier alpha value is -0.610. The minimum absolute atomic E-state index is 0.317. The average molecular weight is 262 g/mol. The van der Waals surface area contributed by atoms with Crippen LogP contribution >= 0.6 is 15.9 Å². The zero-order valence-electron chi connectivity index (χ0n) is 7.93. The van der Waals surface area contributed by atoms with Crippen molar-refractivity contribution in [3.05, 3.63) is 28.5 Å². The minimum Gasteiger partial charge on any atom is -0.391 e. The smallest absolute Gasteiger partial charge is 0.147 e. The monoisotopic (exact) mass is 261 g/mol. The maximum atomic E-state index is 13.2. The number of rotatable bonds is 4. The molecule has 78 valence electrons. The van der Waals surface area contributed by atoms with Gasteiger partial charge in [0.25, 0.3) is 0 Å². The van der Waals surface area contributed by atoms with E-state index in [4.69, 9.17) is 0 Å². The van der Waals surface area contributed by atoms with Crippen molar-refractivity contribution in [2.24, 2.45) is 0 Å². The van der Waals surface area contributed by atoms with Crippen molar-refractivity contribution in [2.75, 3.05) is 11.9 Å². The molecule has 0 bridgehead atoms. The highest BCUT2D eigenvalue weighted by atomic mass is 79.9. The van der Waals surface area contributed by atoms with Crippen molar-refractivity contribution in [3.8, 4) is 0 Å². The van der Waals surface area contributed by atoms with Gasteiger partial charge in [-0.3, -0.25) is 0 Å². The van der Waals surface area contributed by atoms with E-state index < -0.39 is 6.10 Å². The first kappa shape index (κ1) is 11.5. The molecule has 0 fully saturated rings. The predicted octanol–water partition coefficient (Wildman–Crippen LogP) is 2.77. The number of nitrogens with one attached hydrogen (secondary N) is 1. The number of aliphatic hydroxyl groups excluding tert-OH is 1. The van der Waals surface area contributed by atoms with Crippen LogP contribution in [0.2, 0.25) is 0 Å². The van der Waals surface area contributed by atoms with Crippen molar-refractivity contribution >= 4 is 21.6 Å². The zero-order valence-corrected chi connectivity index (χ0v) is 9.51. The van der Waals surface area contributed by atoms with E-state index in [9.17, 15) is 9.50 Å². The van der Waals surface area contributed by atoms with Crippen LogP contribution in [0.4, 0.5) is 10.1 Å². The second-order valence-corrected chi connectivity index (χ2v) is 3.89. The average Bonchev–Trinajstić information content (AvgIpc) is 2.16. The summed E-state index contributed by atoms with van der Waals surface area (Å²) in [6.45, 7) is 2.23. The van der Waals surface area contributed by atoms with E-state index in [1.54, 1.807) is 12.1 Å². The number of hydrogen-bond acceptors (Lipinski definition) is 2. The molecular formula is C10H13BrFNO. The molecule has 0 spiro atoms. The number of halogens is 2. The van der Waals surface area contributed by atoms with E-state index in [-0.39, 0.29) is 5.82 Å². The van der Waals surface area contributed by atoms with Crippen LogP contribution < -0.4 is 5.32 Å². The Morgan fingerprint density at radius 2 is 2.29 bits per heavy atom. The fraction of sp³-hybridized carbons (Fsp3) is 0.400. The Morgan fingerprint density at radius 1 is 1.57 bits per heavy atom. The molecule has 0 amide bonds. The first-order valence-electron chi connectivity index (χ1n) is 4.51. The maximum Gasteiger partial charge on any atom is 0.147 e. The standard InChI is InChI=1S/C10H13BrFNO/c1-2-7(14)6-13-10-8(11)4-3-5-9(10)12/h3-5,7,13-14H,2,6H2,1H3. The Bertz CT molecular complexity index is 286. The van der Waals surface area contributed by atoms with Gasteiger partial charge in [-0.05, 0) is 34.5 Å². The lowest BCUT2D eigenvalue weighted by Gasteiger charge is -2.12. The molecule has 1 aromatic rings. The molecule has 0 radical (unpaired) electrons. The van der Waals surface area contributed by atoms with E-state index in [2.05, 4.69) is 21.2 Å². The highest BCUT2D eigenvalue weighted by Crippen LogP contribution is 2.24. The molecule has 0 saturated carbocycles. The molecule has 0 aliphatic carbocycles. The number of aliphatic hydroxyl groups is 1. The number of benzene rings is 1. The lowest BCUT2D eigenvalue weighted by molar-refractivity contribution is 0.183. The summed E-state index contributed by atoms with van der Waals surface area (Å²) in [5.41, 5.74) is 0.403. The minimum atomic E-state index is -0.443. The molecule has 1 atom stereocenters. The first-order chi connectivity index (χ1) is 6.65. The van der Waals surface area contributed by atoms with Gasteiger partial charge in [0.05, 0.1) is 11.8 Å². The van der Waals surface area contributed by atoms with Gasteiger partial charge in [0, 0.05) is 11.0 Å². The molecular weight excluding hydrogens is 249 g/mol. The van der Waals surface area contributed by atoms with E-state index in [0.717, 1.165) is 0 Å². The summed E-state index contributed by atoms with van der Waals surface area (Å²) in [7, 11) is 0. The zero-order chi connectivity index (χ0) is 10.6. The van der Waals surface area contributed by atoms with Crippen LogP contribution in [0.25, 0.3) is 0 Å². The molecule has 0 saturated heterocycles. The third-order valence-corrected chi connectivity index (χ3v) is 2.61. The van der Waals surface area contributed by atoms with Crippen molar-refractivity contribution in [2.45, 2.75) is 19.4 Å². The van der Waals surface area contributed by atoms with E-state index in [1.807, 2.05) is 6.92 Å². The van der Waals surface area contributed by atoms with Crippen molar-refractivity contribution in [3.63, 3.8) is 0 Å². The third kappa shape index (κ3) is 2.96. The normalized spacial score (nSPS) is 12.6. The van der Waals surface area contributed by atoms with Crippen molar-refractivity contribution in [1.29, 1.82) is 0 Å². The van der Waals surface area contributed by atoms with Gasteiger partial charge in [-0.1, -0.05) is 13.0 Å². The molecule has 2 nitrogen and oxygen atoms in total. The Balaban J connectivity index is 2.66. The summed E-state index contributed by atoms with van der Waals surface area (Å²) in [5.74, 6) is -0.317. The lowest BCUT2D eigenvalue weighted by Crippen LogP contribution is -2.18. The molecule has 2 N–H and O–H groups in total. The molecule has 1 rings (SSSR count). The number of hydrogen-bond donors (Lipinski definition) is 2. The summed E-state index contributed by atoms with van der Waals surface area (Å²) >= 11 is 3.23. The van der Waals surface area contributed by atoms with Gasteiger partial charge < -0.3 is 10.4 Å². The lowest BCUT2D eigenvalue weighted by atomic mass is 10.2. The summed E-state index contributed by atoms with van der Waals surface area (Å²) in [6.07, 6.45) is 0.209. The molecule has 1 aromatic carbocycles. The Morgan fingerprint density at radius 3 is 2.86 bits per heavy atom. The Kier molecular flexibility index (Phi) is 4.35. The summed E-state index contributed by atoms with van der Waals surface area (Å²) < 4.78 is 13.9. The molecule has 0 aliphatic rings. The molecule has 1 unspecified atom stereocenters. The van der Waals surface area contributed by atoms with Gasteiger partial charge >= 0.3 is 0 Å². The maximum absolute atomic E-state index is 13.2. The largest absolute Gasteiger partial charge is 0.391 e. The van der Waals surface area contributed by atoms with Crippen LogP contribution in [0.3, 0.4) is 0 Å². The fourth-order valence-corrected chi connectivity index (χ4v) is 1.51. The molecule has 14 heavy (non-hydrogen) atoms. The van der Waals surface area contributed by atoms with Gasteiger partial charge in [-0.15, -0.1) is 0 Å². The van der Waals surface area contributed by atoms with E-state index in [1.165, 1.54) is 6.07 Å². The van der Waals surface area contributed by atoms with E-state index in [0.29, 0.717) is 23.1 Å². The van der Waals surface area contributed by atoms with Crippen LogP contribution in [0, 0.1) is 5.82 Å². The fourth-order valence-electron chi connectivity index (χ4n) is 1.03. The predicted molar refractivity (Wildman–Crippen MR) is 58.9 cm³/mol. The number of anilines is 1. The first-order valence-corrected chi connectivity index (χ1v) is 5.30. The summed E-state index contributed by atoms with van der Waals surface area (Å²) in [5, 5.41) is 12.2. The molecule has 0 aliphatic heterocycles. The third-order valence-electron chi connectivity index (χ3n) is 1.95. The van der Waals surface area contributed by atoms with Gasteiger partial charge in [-0.2, -0.15) is 0 Å². The highest BCUT2D eigenvalue weighted by molar-refractivity contribution is 9.10. The van der Waals surface area contributed by atoms with Crippen LogP contribution in [-0.2, 0) is 0 Å². The quantitative estimate of drug-likeness (QED) is 0.874. The summed E-state index contributed by atoms with van der Waals surface area (Å²) in [4.78, 5) is 0. The van der Waals surface area contributed by atoms with Crippen LogP contribution in [0.5, 0.6) is 0 Å². The molecule has 0 heterocycles. The van der Waals surface area contributed by atoms with Crippen molar-refractivity contribution in [1.82, 2.24) is 0 Å². The molecule has 0 aromatic heterocycles. The second kappa shape index (κ2) is 5.32. The van der Waals surface area contributed by atoms with Gasteiger partial charge in [0.2, 0.25) is 0 Å². The summed E-state index contributed by atoms with van der Waals surface area (Å²) in [6, 6.07) is 4.76. The SMILES string of the molecule is CCC(O)CNc1c(F)cccc1Br. The highest BCUT2D eigenvalue weighted by Gasteiger charge is 2.07. The number of para-hydroxylation sites is 1. The second-order valence-electron chi connectivity index (χ2n) is 3.04. The van der Waals surface area contributed by atoms with Crippen molar-refractivity contribution < 1.29 is 9.50 Å². The van der Waals surface area contributed by atoms with Crippen LogP contribution in [0.15, 0.2) is 22.7 Å². The van der Waals surface area contributed by atoms with Gasteiger partial charge in [-0.25, -0.2) is 4.39 Å². The van der Waals surface area contributed by atoms with Gasteiger partial charge in [0.1, 0.15) is 5.82 Å². The van der Waals surface area contributed by atoms with Crippen LogP contribution in [0.1, 0.15) is 13.3 Å². The van der Waals surface area contributed by atoms with Gasteiger partial charge in [0.15, 0.2) is 0 Å². The van der Waals surface area contributed by atoms with Crippen LogP contribution in [-0.4, -0.2) is 17.8 Å². The topological polar surface area (TPSA) is 32.3 Å². The molecule has 4 heteroatoms.